The third kappa shape index (κ3) is 6.35. The van der Waals surface area contributed by atoms with E-state index < -0.39 is 35.9 Å². The van der Waals surface area contributed by atoms with Crippen LogP contribution in [0.4, 0.5) is 0 Å². The number of aromatic hydroxyl groups is 1. The van der Waals surface area contributed by atoms with E-state index in [9.17, 15) is 24.6 Å². The molecule has 1 aliphatic rings. The molecule has 1 amide bonds. The van der Waals surface area contributed by atoms with Crippen LogP contribution in [0.3, 0.4) is 0 Å². The Labute approximate surface area is 219 Å². The first-order valence-corrected chi connectivity index (χ1v) is 11.8. The van der Waals surface area contributed by atoms with Gasteiger partial charge in [-0.15, -0.1) is 0 Å². The van der Waals surface area contributed by atoms with Crippen LogP contribution < -0.4 is 19.5 Å². The molecule has 2 aromatic rings. The number of nitrogens with one attached hydrogen (secondary N) is 1. The van der Waals surface area contributed by atoms with Gasteiger partial charge in [0.2, 0.25) is 5.91 Å². The summed E-state index contributed by atoms with van der Waals surface area (Å²) in [5.74, 6) is -1.12. The average Bonchev–Trinajstić information content (AvgIpc) is 3.31. The van der Waals surface area contributed by atoms with E-state index >= 15 is 0 Å². The number of amides is 1. The second-order valence-corrected chi connectivity index (χ2v) is 8.43. The lowest BCUT2D eigenvalue weighted by Crippen LogP contribution is -2.41. The highest BCUT2D eigenvalue weighted by molar-refractivity contribution is 5.94. The fourth-order valence-electron chi connectivity index (χ4n) is 4.18. The van der Waals surface area contributed by atoms with Gasteiger partial charge >= 0.3 is 11.9 Å². The number of phenolic OH excluding ortho intramolecular Hbond substituents is 1. The highest BCUT2D eigenvalue weighted by Crippen LogP contribution is 2.51. The molecule has 38 heavy (non-hydrogen) atoms. The Hall–Kier alpha value is -4.25. The number of rotatable bonds is 11. The first-order valence-electron chi connectivity index (χ1n) is 11.8. The first kappa shape index (κ1) is 28.3. The molecular formula is C27H31NO10. The minimum absolute atomic E-state index is 0.0182. The Morgan fingerprint density at radius 3 is 2.42 bits per heavy atom. The van der Waals surface area contributed by atoms with Gasteiger partial charge in [0.15, 0.2) is 23.0 Å². The largest absolute Gasteiger partial charge is 0.504 e. The Balaban J connectivity index is 1.83. The number of fused-ring (bicyclic) bond motifs is 1. The lowest BCUT2D eigenvalue weighted by Gasteiger charge is -2.18. The van der Waals surface area contributed by atoms with Gasteiger partial charge in [0.05, 0.1) is 41.0 Å². The number of phenols is 1. The maximum absolute atomic E-state index is 12.5. The minimum atomic E-state index is -1.03. The van der Waals surface area contributed by atoms with Crippen molar-refractivity contribution in [2.45, 2.75) is 30.9 Å². The van der Waals surface area contributed by atoms with Gasteiger partial charge in [-0.1, -0.05) is 6.07 Å². The van der Waals surface area contributed by atoms with Crippen molar-refractivity contribution >= 4 is 23.9 Å². The molecule has 0 aliphatic carbocycles. The second-order valence-electron chi connectivity index (χ2n) is 8.43. The summed E-state index contributed by atoms with van der Waals surface area (Å²) in [7, 11) is 5.34. The molecule has 3 rings (SSSR count). The molecule has 204 valence electrons. The van der Waals surface area contributed by atoms with E-state index in [1.807, 2.05) is 0 Å². The lowest BCUT2D eigenvalue weighted by molar-refractivity contribution is -0.146. The summed E-state index contributed by atoms with van der Waals surface area (Å²) < 4.78 is 26.2. The number of aliphatic hydroxyl groups is 1. The number of hydrogen-bond donors (Lipinski definition) is 3. The van der Waals surface area contributed by atoms with Gasteiger partial charge in [-0.3, -0.25) is 9.59 Å². The van der Waals surface area contributed by atoms with Gasteiger partial charge < -0.3 is 39.2 Å². The monoisotopic (exact) mass is 529 g/mol. The van der Waals surface area contributed by atoms with Crippen LogP contribution in [0.1, 0.15) is 41.6 Å². The van der Waals surface area contributed by atoms with Crippen LogP contribution in [-0.4, -0.2) is 69.1 Å². The fourth-order valence-corrected chi connectivity index (χ4v) is 4.18. The standard InChI is InChI=1S/C27H31NO10/c1-34-21-13-16(6-8-20(21)30)25-18(14-29)17-11-15(12-22(35-2)26(17)38-25)5-9-23(31)28-19(27(33)37-4)7-10-24(32)36-3/h5-6,8-9,11-13,18-19,25,29-30H,7,10,14H2,1-4H3,(H,28,31)/t18-,19-,25+/m1/s1. The molecule has 3 atom stereocenters. The van der Waals surface area contributed by atoms with Crippen LogP contribution in [0.25, 0.3) is 6.08 Å². The topological polar surface area (TPSA) is 150 Å². The molecule has 0 fully saturated rings. The molecule has 1 heterocycles. The van der Waals surface area contributed by atoms with Gasteiger partial charge in [0.25, 0.3) is 0 Å². The van der Waals surface area contributed by atoms with E-state index in [1.54, 1.807) is 24.3 Å². The minimum Gasteiger partial charge on any atom is -0.504 e. The summed E-state index contributed by atoms with van der Waals surface area (Å²) in [6.45, 7) is -0.237. The molecule has 0 aromatic heterocycles. The molecular weight excluding hydrogens is 498 g/mol. The lowest BCUT2D eigenvalue weighted by atomic mass is 9.90. The van der Waals surface area contributed by atoms with E-state index in [-0.39, 0.29) is 30.9 Å². The Morgan fingerprint density at radius 2 is 1.79 bits per heavy atom. The Bertz CT molecular complexity index is 1210. The van der Waals surface area contributed by atoms with Crippen molar-refractivity contribution in [2.24, 2.45) is 0 Å². The van der Waals surface area contributed by atoms with Crippen LogP contribution in [-0.2, 0) is 23.9 Å². The zero-order chi connectivity index (χ0) is 27.8. The molecule has 3 N–H and O–H groups in total. The number of carbonyl (C=O) groups excluding carboxylic acids is 3. The molecule has 1 aliphatic heterocycles. The Morgan fingerprint density at radius 1 is 1.05 bits per heavy atom. The van der Waals surface area contributed by atoms with Crippen molar-refractivity contribution in [3.63, 3.8) is 0 Å². The number of carbonyl (C=O) groups is 3. The van der Waals surface area contributed by atoms with Crippen molar-refractivity contribution in [2.75, 3.05) is 35.0 Å². The van der Waals surface area contributed by atoms with Gasteiger partial charge in [0, 0.05) is 18.1 Å². The summed E-state index contributed by atoms with van der Waals surface area (Å²) >= 11 is 0. The van der Waals surface area contributed by atoms with Gasteiger partial charge in [-0.05, 0) is 47.9 Å². The first-order chi connectivity index (χ1) is 18.3. The molecule has 2 aromatic carbocycles. The maximum atomic E-state index is 12.5. The second kappa shape index (κ2) is 12.8. The molecule has 0 radical (unpaired) electrons. The van der Waals surface area contributed by atoms with Gasteiger partial charge in [-0.2, -0.15) is 0 Å². The third-order valence-corrected chi connectivity index (χ3v) is 6.16. The van der Waals surface area contributed by atoms with E-state index in [0.29, 0.717) is 28.2 Å². The highest BCUT2D eigenvalue weighted by atomic mass is 16.5. The summed E-state index contributed by atoms with van der Waals surface area (Å²) in [4.78, 5) is 36.0. The van der Waals surface area contributed by atoms with Gasteiger partial charge in [0.1, 0.15) is 12.1 Å². The highest BCUT2D eigenvalue weighted by Gasteiger charge is 2.38. The van der Waals surface area contributed by atoms with Crippen molar-refractivity contribution in [1.82, 2.24) is 5.32 Å². The smallest absolute Gasteiger partial charge is 0.328 e. The van der Waals surface area contributed by atoms with Crippen molar-refractivity contribution in [3.8, 4) is 23.0 Å². The summed E-state index contributed by atoms with van der Waals surface area (Å²) in [6, 6.07) is 7.24. The summed E-state index contributed by atoms with van der Waals surface area (Å²) in [5.41, 5.74) is 1.95. The number of ether oxygens (including phenoxy) is 5. The number of esters is 2. The number of benzene rings is 2. The van der Waals surface area contributed by atoms with E-state index in [2.05, 4.69) is 10.1 Å². The zero-order valence-electron chi connectivity index (χ0n) is 21.6. The molecule has 0 bridgehead atoms. The molecule has 0 spiro atoms. The maximum Gasteiger partial charge on any atom is 0.328 e. The van der Waals surface area contributed by atoms with Crippen LogP contribution >= 0.6 is 0 Å². The SMILES string of the molecule is COC(=O)CC[C@@H](NC(=O)C=Cc1cc(OC)c2c(c1)[C@@H](CO)[C@H](c1ccc(O)c(OC)c1)O2)C(=O)OC. The van der Waals surface area contributed by atoms with E-state index in [0.717, 1.165) is 0 Å². The summed E-state index contributed by atoms with van der Waals surface area (Å²) in [6.07, 6.45) is 2.14. The predicted octanol–water partition coefficient (Wildman–Crippen LogP) is 2.24. The number of aliphatic hydroxyl groups excluding tert-OH is 1. The summed E-state index contributed by atoms with van der Waals surface area (Å²) in [5, 5.41) is 22.7. The molecule has 0 unspecified atom stereocenters. The average molecular weight is 530 g/mol. The van der Waals surface area contributed by atoms with Crippen LogP contribution in [0, 0.1) is 0 Å². The van der Waals surface area contributed by atoms with Crippen LogP contribution in [0.2, 0.25) is 0 Å². The zero-order valence-corrected chi connectivity index (χ0v) is 21.6. The van der Waals surface area contributed by atoms with Gasteiger partial charge in [-0.25, -0.2) is 4.79 Å². The van der Waals surface area contributed by atoms with Crippen LogP contribution in [0.15, 0.2) is 36.4 Å². The van der Waals surface area contributed by atoms with Crippen LogP contribution in [0.5, 0.6) is 23.0 Å². The van der Waals surface area contributed by atoms with Crippen molar-refractivity contribution < 1.29 is 48.3 Å². The normalized spacial score (nSPS) is 16.8. The van der Waals surface area contributed by atoms with Crippen molar-refractivity contribution in [3.05, 3.63) is 53.1 Å². The number of methoxy groups -OCH3 is 4. The predicted molar refractivity (Wildman–Crippen MR) is 135 cm³/mol. The molecule has 11 nitrogen and oxygen atoms in total. The molecule has 0 saturated carbocycles. The Kier molecular flexibility index (Phi) is 9.55. The van der Waals surface area contributed by atoms with Crippen molar-refractivity contribution in [1.29, 1.82) is 0 Å². The molecule has 11 heteroatoms. The van der Waals surface area contributed by atoms with E-state index in [1.165, 1.54) is 46.7 Å². The van der Waals surface area contributed by atoms with E-state index in [4.69, 9.17) is 18.9 Å². The quantitative estimate of drug-likeness (QED) is 0.292. The number of hydrogen-bond acceptors (Lipinski definition) is 10. The third-order valence-electron chi connectivity index (χ3n) is 6.16. The fraction of sp³-hybridized carbons (Fsp3) is 0.370. The molecule has 0 saturated heterocycles.